The summed E-state index contributed by atoms with van der Waals surface area (Å²) in [6.45, 7) is 19.3. The molecule has 0 saturated heterocycles. The summed E-state index contributed by atoms with van der Waals surface area (Å²) in [6.07, 6.45) is 13.8. The smallest absolute Gasteiger partial charge is 0.250 e. The van der Waals surface area contributed by atoms with E-state index in [2.05, 4.69) is 258 Å². The molecule has 0 spiro atoms. The van der Waals surface area contributed by atoms with E-state index in [1.54, 1.807) is 0 Å². The Morgan fingerprint density at radius 2 is 0.818 bits per heavy atom. The third-order valence-electron chi connectivity index (χ3n) is 16.2. The van der Waals surface area contributed by atoms with E-state index in [4.69, 9.17) is 20.1 Å². The maximum atomic E-state index is 10.5. The second kappa shape index (κ2) is 24.6. The Morgan fingerprint density at radius 3 is 1.26 bits per heavy atom. The summed E-state index contributed by atoms with van der Waals surface area (Å²) < 4.78 is 0. The molecule has 0 bridgehead atoms. The Bertz CT molecular complexity index is 4570. The number of nitrogens with zero attached hydrogens (tertiary/aromatic N) is 5. The van der Waals surface area contributed by atoms with E-state index in [-0.39, 0.29) is 41.9 Å². The quantitative estimate of drug-likeness (QED) is 0.113. The fraction of sp³-hybridized carbons (Fsp3) is 0.150. The molecule has 8 heteroatoms. The van der Waals surface area contributed by atoms with Crippen molar-refractivity contribution in [2.45, 2.75) is 78.6 Å². The topological polar surface area (TPSA) is 102 Å². The fourth-order valence-electron chi connectivity index (χ4n) is 11.5. The van der Waals surface area contributed by atoms with Crippen LogP contribution in [-0.4, -0.2) is 36.0 Å². The van der Waals surface area contributed by atoms with Gasteiger partial charge in [-0.2, -0.15) is 0 Å². The molecule has 1 N–H and O–H groups in total. The van der Waals surface area contributed by atoms with Crippen LogP contribution in [0.25, 0.3) is 121 Å². The summed E-state index contributed by atoms with van der Waals surface area (Å²) in [5.74, 6) is -0.460. The fourth-order valence-corrected chi connectivity index (χ4v) is 11.5. The molecular formula is C80H67IrN5O2-2. The summed E-state index contributed by atoms with van der Waals surface area (Å²) in [6, 6.07) is 76.5. The van der Waals surface area contributed by atoms with Crippen LogP contribution in [0.4, 0.5) is 0 Å². The first kappa shape index (κ1) is 60.1. The van der Waals surface area contributed by atoms with Crippen LogP contribution in [-0.2, 0) is 36.4 Å². The summed E-state index contributed by atoms with van der Waals surface area (Å²) in [4.78, 5) is 33.1. The van der Waals surface area contributed by atoms with E-state index in [0.29, 0.717) is 5.82 Å². The number of carbonyl (C=O) groups is 1. The van der Waals surface area contributed by atoms with Gasteiger partial charge in [-0.1, -0.05) is 202 Å². The van der Waals surface area contributed by atoms with Gasteiger partial charge < -0.3 is 24.9 Å². The largest absolute Gasteiger partial charge is 0.521 e. The van der Waals surface area contributed by atoms with Crippen LogP contribution >= 0.6 is 0 Å². The van der Waals surface area contributed by atoms with Gasteiger partial charge in [0.25, 0.3) is 5.97 Å². The Morgan fingerprint density at radius 1 is 0.375 bits per heavy atom. The van der Waals surface area contributed by atoms with E-state index >= 15 is 0 Å². The van der Waals surface area contributed by atoms with Crippen molar-refractivity contribution in [3.63, 3.8) is 0 Å². The van der Waals surface area contributed by atoms with Gasteiger partial charge in [0, 0.05) is 73.6 Å². The summed E-state index contributed by atoms with van der Waals surface area (Å²) in [5.41, 5.74) is 19.4. The number of carboxylic acids is 1. The zero-order chi connectivity index (χ0) is 60.6. The normalized spacial score (nSPS) is 11.7. The van der Waals surface area contributed by atoms with Crippen molar-refractivity contribution >= 4 is 38.3 Å². The molecule has 13 aromatic rings. The second-order valence-electron chi connectivity index (χ2n) is 25.4. The third kappa shape index (κ3) is 12.4. The van der Waals surface area contributed by atoms with Crippen molar-refractivity contribution in [1.29, 1.82) is 0 Å². The molecule has 88 heavy (non-hydrogen) atoms. The Balaban J connectivity index is 0.000000510. The molecule has 0 unspecified atom stereocenters. The predicted octanol–water partition coefficient (Wildman–Crippen LogP) is 20.3. The molecule has 9 aromatic carbocycles. The SMILES string of the molecule is CC(C)(C)c1cncc(-c2ccccc2-c2cc(-c3ccccc3-c3cncc(C(C)(C)C)c3)cc(-c3ccccc3-c3cnc(-c4[c-]cccc4)cc3-c3ccc4c5ccccc5c5ccccc5c4c3)c2)c1.CC(C)(C)c1n[c-]c(C(=O)O)cn1.[Ir]. The van der Waals surface area contributed by atoms with Crippen LogP contribution in [0.2, 0.25) is 0 Å². The van der Waals surface area contributed by atoms with E-state index < -0.39 is 5.97 Å². The van der Waals surface area contributed by atoms with Gasteiger partial charge in [0.1, 0.15) is 0 Å². The standard InChI is InChI=1S/C71H56N3.C9H11N2O2.Ir/c1-70(2,3)53-37-51(41-72-43-53)58-25-12-10-22-55(58)48-34-49(56-23-11-13-26-59(56)52-38-54(44-73-42-52)71(4,5)6)36-50(35-48)57-24-14-15-27-60(57)68-45-74-69(46-20-8-7-9-21-46)40-66(68)47-32-33-65-63-30-17-16-28-61(63)62-29-18-19-31-64(62)67(65)39-47;1-9(2,3)8-10-4-6(5-11-8)7(12)13;/h7-20,22-45H,1-6H3;4H,1-3H3,(H,12,13);/q2*-1;. The van der Waals surface area contributed by atoms with Gasteiger partial charge in [-0.3, -0.25) is 9.97 Å². The predicted molar refractivity (Wildman–Crippen MR) is 359 cm³/mol. The van der Waals surface area contributed by atoms with Crippen LogP contribution in [0, 0.1) is 12.3 Å². The summed E-state index contributed by atoms with van der Waals surface area (Å²) in [5, 5.41) is 16.0. The van der Waals surface area contributed by atoms with E-state index in [0.717, 1.165) is 89.1 Å². The number of aromatic carboxylic acids is 1. The van der Waals surface area contributed by atoms with Crippen LogP contribution < -0.4 is 0 Å². The molecule has 13 rings (SSSR count). The number of pyridine rings is 3. The molecule has 0 atom stereocenters. The van der Waals surface area contributed by atoms with E-state index in [1.165, 1.54) is 49.6 Å². The molecule has 4 heterocycles. The minimum Gasteiger partial charge on any atom is -0.521 e. The van der Waals surface area contributed by atoms with Crippen molar-refractivity contribution in [2.75, 3.05) is 0 Å². The third-order valence-corrected chi connectivity index (χ3v) is 16.2. The average molecular weight is 1320 g/mol. The molecule has 4 aromatic heterocycles. The van der Waals surface area contributed by atoms with Crippen LogP contribution in [0.1, 0.15) is 89.6 Å². The molecule has 0 saturated carbocycles. The Labute approximate surface area is 529 Å². The molecule has 0 aliphatic rings. The number of hydrogen-bond donors (Lipinski definition) is 1. The van der Waals surface area contributed by atoms with Crippen molar-refractivity contribution < 1.29 is 30.0 Å². The molecule has 1 radical (unpaired) electrons. The minimum atomic E-state index is -1.06. The minimum absolute atomic E-state index is 0. The van der Waals surface area contributed by atoms with Crippen molar-refractivity contribution in [1.82, 2.24) is 24.9 Å². The molecule has 435 valence electrons. The van der Waals surface area contributed by atoms with E-state index in [1.807, 2.05) is 57.7 Å². The first-order valence-corrected chi connectivity index (χ1v) is 29.5. The number of benzene rings is 9. The number of rotatable bonds is 9. The van der Waals surface area contributed by atoms with Crippen molar-refractivity contribution in [3.05, 3.63) is 272 Å². The van der Waals surface area contributed by atoms with Gasteiger partial charge in [-0.15, -0.1) is 35.9 Å². The molecule has 0 aliphatic heterocycles. The maximum Gasteiger partial charge on any atom is 0.250 e. The number of hydrogen-bond acceptors (Lipinski definition) is 6. The average Bonchev–Trinajstić information content (AvgIpc) is 0.839. The van der Waals surface area contributed by atoms with Crippen molar-refractivity contribution in [3.8, 4) is 89.1 Å². The van der Waals surface area contributed by atoms with Crippen LogP contribution in [0.3, 0.4) is 0 Å². The van der Waals surface area contributed by atoms with Crippen molar-refractivity contribution in [2.24, 2.45) is 0 Å². The number of aromatic nitrogens is 5. The first-order chi connectivity index (χ1) is 41.9. The Hall–Kier alpha value is -9.59. The van der Waals surface area contributed by atoms with Gasteiger partial charge >= 0.3 is 0 Å². The Kier molecular flexibility index (Phi) is 16.8. The second-order valence-corrected chi connectivity index (χ2v) is 25.4. The molecule has 0 aliphatic carbocycles. The van der Waals surface area contributed by atoms with Gasteiger partial charge in [0.05, 0.1) is 0 Å². The summed E-state index contributed by atoms with van der Waals surface area (Å²) in [7, 11) is 0. The van der Waals surface area contributed by atoms with Crippen LogP contribution in [0.5, 0.6) is 0 Å². The molecule has 0 amide bonds. The molecule has 0 fully saturated rings. The van der Waals surface area contributed by atoms with Gasteiger partial charge in [-0.25, -0.2) is 0 Å². The maximum absolute atomic E-state index is 10.5. The number of carboxylic acid groups (broad SMARTS) is 1. The zero-order valence-corrected chi connectivity index (χ0v) is 53.3. The summed E-state index contributed by atoms with van der Waals surface area (Å²) >= 11 is 0. The van der Waals surface area contributed by atoms with Gasteiger partial charge in [0.2, 0.25) is 0 Å². The monoisotopic (exact) mass is 1320 g/mol. The van der Waals surface area contributed by atoms with Gasteiger partial charge in [0.15, 0.2) is 0 Å². The zero-order valence-electron chi connectivity index (χ0n) is 50.9. The first-order valence-electron chi connectivity index (χ1n) is 29.5. The van der Waals surface area contributed by atoms with E-state index in [9.17, 15) is 4.79 Å². The number of fused-ring (bicyclic) bond motifs is 6. The van der Waals surface area contributed by atoms with Gasteiger partial charge in [-0.05, 0) is 181 Å². The van der Waals surface area contributed by atoms with Crippen LogP contribution in [0.15, 0.2) is 237 Å². The molecule has 7 nitrogen and oxygen atoms in total. The molecular weight excluding hydrogens is 1260 g/mol.